The maximum Gasteiger partial charge on any atom is 0.224 e. The molecule has 0 heterocycles. The largest absolute Gasteiger partial charge is 0.369 e. The third kappa shape index (κ3) is 3.57. The minimum Gasteiger partial charge on any atom is -0.369 e. The SMILES string of the molecule is CC(C(N)=O)c1ccc(C=C(Cl)Cl)cc1. The van der Waals surface area contributed by atoms with Crippen LogP contribution in [0.5, 0.6) is 0 Å². The minimum atomic E-state index is -0.339. The molecular formula is C11H11Cl2NO. The van der Waals surface area contributed by atoms with Crippen molar-refractivity contribution in [1.29, 1.82) is 0 Å². The molecule has 0 aromatic heterocycles. The van der Waals surface area contributed by atoms with E-state index in [1.54, 1.807) is 13.0 Å². The smallest absolute Gasteiger partial charge is 0.224 e. The van der Waals surface area contributed by atoms with E-state index >= 15 is 0 Å². The van der Waals surface area contributed by atoms with Crippen molar-refractivity contribution in [2.75, 3.05) is 0 Å². The highest BCUT2D eigenvalue weighted by atomic mass is 35.5. The average molecular weight is 244 g/mol. The molecular weight excluding hydrogens is 233 g/mol. The van der Waals surface area contributed by atoms with Crippen molar-refractivity contribution in [1.82, 2.24) is 0 Å². The third-order valence-corrected chi connectivity index (χ3v) is 2.36. The van der Waals surface area contributed by atoms with Crippen molar-refractivity contribution in [2.45, 2.75) is 12.8 Å². The molecule has 0 saturated carbocycles. The molecule has 0 radical (unpaired) electrons. The summed E-state index contributed by atoms with van der Waals surface area (Å²) in [4.78, 5) is 10.9. The topological polar surface area (TPSA) is 43.1 Å². The van der Waals surface area contributed by atoms with Crippen LogP contribution in [0.1, 0.15) is 24.0 Å². The van der Waals surface area contributed by atoms with Crippen LogP contribution in [-0.4, -0.2) is 5.91 Å². The normalized spacial score (nSPS) is 11.9. The molecule has 2 N–H and O–H groups in total. The van der Waals surface area contributed by atoms with Gasteiger partial charge in [-0.25, -0.2) is 0 Å². The fourth-order valence-corrected chi connectivity index (χ4v) is 1.42. The molecule has 0 aliphatic carbocycles. The van der Waals surface area contributed by atoms with Crippen molar-refractivity contribution in [3.05, 3.63) is 39.9 Å². The number of hydrogen-bond acceptors (Lipinski definition) is 1. The standard InChI is InChI=1S/C11H11Cl2NO/c1-7(11(14)15)9-4-2-8(3-5-9)6-10(12)13/h2-7H,1H3,(H2,14,15). The molecule has 4 heteroatoms. The summed E-state index contributed by atoms with van der Waals surface area (Å²) in [7, 11) is 0. The second-order valence-electron chi connectivity index (χ2n) is 3.22. The highest BCUT2D eigenvalue weighted by Crippen LogP contribution is 2.18. The number of rotatable bonds is 3. The van der Waals surface area contributed by atoms with Gasteiger partial charge in [-0.1, -0.05) is 47.5 Å². The Balaban J connectivity index is 2.90. The van der Waals surface area contributed by atoms with Crippen molar-refractivity contribution in [2.24, 2.45) is 5.73 Å². The molecule has 80 valence electrons. The first-order valence-electron chi connectivity index (χ1n) is 4.42. The lowest BCUT2D eigenvalue weighted by Gasteiger charge is -2.07. The van der Waals surface area contributed by atoms with E-state index < -0.39 is 0 Å². The summed E-state index contributed by atoms with van der Waals surface area (Å²) >= 11 is 11.0. The van der Waals surface area contributed by atoms with Crippen LogP contribution in [0, 0.1) is 0 Å². The third-order valence-electron chi connectivity index (χ3n) is 2.14. The van der Waals surface area contributed by atoms with E-state index in [1.165, 1.54) is 0 Å². The molecule has 1 unspecified atom stereocenters. The monoisotopic (exact) mass is 243 g/mol. The summed E-state index contributed by atoms with van der Waals surface area (Å²) in [5.41, 5.74) is 6.96. The van der Waals surface area contributed by atoms with Gasteiger partial charge < -0.3 is 5.73 Å². The van der Waals surface area contributed by atoms with Crippen LogP contribution in [0.15, 0.2) is 28.8 Å². The molecule has 1 amide bonds. The van der Waals surface area contributed by atoms with E-state index in [0.717, 1.165) is 11.1 Å². The van der Waals surface area contributed by atoms with Crippen LogP contribution < -0.4 is 5.73 Å². The number of carbonyl (C=O) groups is 1. The Bertz CT molecular complexity index is 380. The van der Waals surface area contributed by atoms with Crippen LogP contribution in [-0.2, 0) is 4.79 Å². The number of primary amides is 1. The van der Waals surface area contributed by atoms with Gasteiger partial charge in [-0.3, -0.25) is 4.79 Å². The zero-order chi connectivity index (χ0) is 11.4. The van der Waals surface area contributed by atoms with Gasteiger partial charge in [0.1, 0.15) is 4.49 Å². The summed E-state index contributed by atoms with van der Waals surface area (Å²) in [6.45, 7) is 1.77. The van der Waals surface area contributed by atoms with Gasteiger partial charge in [0.25, 0.3) is 0 Å². The Morgan fingerprint density at radius 3 is 2.27 bits per heavy atom. The predicted molar refractivity (Wildman–Crippen MR) is 63.7 cm³/mol. The van der Waals surface area contributed by atoms with Gasteiger partial charge in [-0.05, 0) is 24.1 Å². The molecule has 1 rings (SSSR count). The minimum absolute atomic E-state index is 0.200. The van der Waals surface area contributed by atoms with Crippen LogP contribution in [0.2, 0.25) is 0 Å². The quantitative estimate of drug-likeness (QED) is 0.872. The Morgan fingerprint density at radius 1 is 1.33 bits per heavy atom. The van der Waals surface area contributed by atoms with Crippen molar-refractivity contribution < 1.29 is 4.79 Å². The molecule has 1 atom stereocenters. The summed E-state index contributed by atoms with van der Waals surface area (Å²) in [6, 6.07) is 7.33. The highest BCUT2D eigenvalue weighted by molar-refractivity contribution is 6.57. The van der Waals surface area contributed by atoms with E-state index in [-0.39, 0.29) is 16.3 Å². The first-order valence-corrected chi connectivity index (χ1v) is 5.18. The molecule has 2 nitrogen and oxygen atoms in total. The van der Waals surface area contributed by atoms with Crippen LogP contribution in [0.3, 0.4) is 0 Å². The number of hydrogen-bond donors (Lipinski definition) is 1. The number of nitrogens with two attached hydrogens (primary N) is 1. The first-order chi connectivity index (χ1) is 7.00. The van der Waals surface area contributed by atoms with Gasteiger partial charge in [0.05, 0.1) is 5.92 Å². The zero-order valence-electron chi connectivity index (χ0n) is 8.21. The van der Waals surface area contributed by atoms with Gasteiger partial charge in [-0.15, -0.1) is 0 Å². The molecule has 0 spiro atoms. The van der Waals surface area contributed by atoms with E-state index in [9.17, 15) is 4.79 Å². The highest BCUT2D eigenvalue weighted by Gasteiger charge is 2.10. The average Bonchev–Trinajstić information content (AvgIpc) is 2.17. The van der Waals surface area contributed by atoms with Gasteiger partial charge in [-0.2, -0.15) is 0 Å². The number of amides is 1. The van der Waals surface area contributed by atoms with Crippen LogP contribution in [0.25, 0.3) is 6.08 Å². The lowest BCUT2D eigenvalue weighted by molar-refractivity contribution is -0.119. The second kappa shape index (κ2) is 5.19. The fourth-order valence-electron chi connectivity index (χ4n) is 1.17. The molecule has 0 aliphatic heterocycles. The fraction of sp³-hybridized carbons (Fsp3) is 0.182. The summed E-state index contributed by atoms with van der Waals surface area (Å²) in [5.74, 6) is -0.622. The molecule has 0 saturated heterocycles. The van der Waals surface area contributed by atoms with Gasteiger partial charge >= 0.3 is 0 Å². The Kier molecular flexibility index (Phi) is 4.18. The van der Waals surface area contributed by atoms with Crippen LogP contribution >= 0.6 is 23.2 Å². The van der Waals surface area contributed by atoms with Crippen molar-refractivity contribution in [3.8, 4) is 0 Å². The lowest BCUT2D eigenvalue weighted by Crippen LogP contribution is -2.18. The molecule has 0 fully saturated rings. The Labute approximate surface area is 98.7 Å². The van der Waals surface area contributed by atoms with Crippen molar-refractivity contribution >= 4 is 35.2 Å². The molecule has 0 bridgehead atoms. The molecule has 15 heavy (non-hydrogen) atoms. The lowest BCUT2D eigenvalue weighted by atomic mass is 9.99. The summed E-state index contributed by atoms with van der Waals surface area (Å²) in [6.07, 6.45) is 1.63. The summed E-state index contributed by atoms with van der Waals surface area (Å²) < 4.78 is 0.200. The van der Waals surface area contributed by atoms with E-state index in [4.69, 9.17) is 28.9 Å². The number of carbonyl (C=O) groups excluding carboxylic acids is 1. The maximum atomic E-state index is 10.9. The van der Waals surface area contributed by atoms with E-state index in [1.807, 2.05) is 24.3 Å². The number of benzene rings is 1. The molecule has 1 aromatic rings. The van der Waals surface area contributed by atoms with Gasteiger partial charge in [0, 0.05) is 0 Å². The molecule has 1 aromatic carbocycles. The van der Waals surface area contributed by atoms with E-state index in [2.05, 4.69) is 0 Å². The second-order valence-corrected chi connectivity index (χ2v) is 4.23. The Hall–Kier alpha value is -0.990. The Morgan fingerprint density at radius 2 is 1.87 bits per heavy atom. The number of halogens is 2. The zero-order valence-corrected chi connectivity index (χ0v) is 9.72. The first kappa shape index (κ1) is 12.1. The van der Waals surface area contributed by atoms with Crippen LogP contribution in [0.4, 0.5) is 0 Å². The van der Waals surface area contributed by atoms with E-state index in [0.29, 0.717) is 0 Å². The van der Waals surface area contributed by atoms with Crippen molar-refractivity contribution in [3.63, 3.8) is 0 Å². The van der Waals surface area contributed by atoms with Gasteiger partial charge in [0.2, 0.25) is 5.91 Å². The molecule has 0 aliphatic rings. The summed E-state index contributed by atoms with van der Waals surface area (Å²) in [5, 5.41) is 0. The maximum absolute atomic E-state index is 10.9. The predicted octanol–water partition coefficient (Wildman–Crippen LogP) is 3.05. The van der Waals surface area contributed by atoms with Gasteiger partial charge in [0.15, 0.2) is 0 Å².